The van der Waals surface area contributed by atoms with E-state index >= 15 is 0 Å². The summed E-state index contributed by atoms with van der Waals surface area (Å²) in [6, 6.07) is 0. The van der Waals surface area contributed by atoms with Crippen molar-refractivity contribution in [3.8, 4) is 0 Å². The molecule has 0 saturated heterocycles. The molecule has 0 N–H and O–H groups in total. The Bertz CT molecular complexity index is 251. The predicted octanol–water partition coefficient (Wildman–Crippen LogP) is 1.53. The van der Waals surface area contributed by atoms with Gasteiger partial charge in [0, 0.05) is 0 Å². The van der Waals surface area contributed by atoms with Crippen molar-refractivity contribution in [2.45, 2.75) is 18.2 Å². The van der Waals surface area contributed by atoms with E-state index in [0.29, 0.717) is 0 Å². The Hall–Kier alpha value is -0.480. The van der Waals surface area contributed by atoms with Gasteiger partial charge in [0.15, 0.2) is 0 Å². The van der Waals surface area contributed by atoms with Crippen LogP contribution >= 0.6 is 23.2 Å². The van der Waals surface area contributed by atoms with Gasteiger partial charge in [0.25, 0.3) is 0 Å². The SMILES string of the molecule is CCOC(=O)[C@@H]1[C@@H](C(=O)OCC)C1(Cl)Cl. The maximum Gasteiger partial charge on any atom is 0.313 e. The van der Waals surface area contributed by atoms with Crippen LogP contribution in [0.3, 0.4) is 0 Å². The highest BCUT2D eigenvalue weighted by Crippen LogP contribution is 2.60. The Labute approximate surface area is 97.8 Å². The molecule has 15 heavy (non-hydrogen) atoms. The first-order valence-electron chi connectivity index (χ1n) is 4.67. The standard InChI is InChI=1S/C9H12Cl2O4/c1-3-14-7(12)5-6(9(5,10)11)8(13)15-4-2/h5-6H,3-4H2,1-2H3/t5-,6-/m0/s1. The molecule has 86 valence electrons. The number of ether oxygens (including phenoxy) is 2. The van der Waals surface area contributed by atoms with Crippen LogP contribution in [0.25, 0.3) is 0 Å². The number of halogens is 2. The topological polar surface area (TPSA) is 52.6 Å². The number of carbonyl (C=O) groups excluding carboxylic acids is 2. The first-order chi connectivity index (χ1) is 6.96. The van der Waals surface area contributed by atoms with Crippen molar-refractivity contribution in [3.05, 3.63) is 0 Å². The van der Waals surface area contributed by atoms with Gasteiger partial charge in [0.05, 0.1) is 13.2 Å². The molecule has 0 bridgehead atoms. The van der Waals surface area contributed by atoms with Crippen LogP contribution < -0.4 is 0 Å². The summed E-state index contributed by atoms with van der Waals surface area (Å²) in [5, 5.41) is 0. The first kappa shape index (κ1) is 12.6. The molecule has 0 aromatic rings. The Kier molecular flexibility index (Phi) is 3.84. The molecule has 0 aliphatic heterocycles. The Morgan fingerprint density at radius 2 is 1.40 bits per heavy atom. The fourth-order valence-electron chi connectivity index (χ4n) is 1.38. The summed E-state index contributed by atoms with van der Waals surface area (Å²) in [7, 11) is 0. The minimum absolute atomic E-state index is 0.231. The van der Waals surface area contributed by atoms with Gasteiger partial charge in [0.2, 0.25) is 0 Å². The zero-order chi connectivity index (χ0) is 11.6. The van der Waals surface area contributed by atoms with Crippen molar-refractivity contribution in [2.75, 3.05) is 13.2 Å². The quantitative estimate of drug-likeness (QED) is 0.564. The lowest BCUT2D eigenvalue weighted by Crippen LogP contribution is -2.13. The van der Waals surface area contributed by atoms with Crippen LogP contribution in [0.5, 0.6) is 0 Å². The molecule has 0 aromatic carbocycles. The lowest BCUT2D eigenvalue weighted by Gasteiger charge is -2.00. The molecule has 1 aliphatic rings. The second-order valence-corrected chi connectivity index (χ2v) is 4.58. The summed E-state index contributed by atoms with van der Waals surface area (Å²) in [6.45, 7) is 3.80. The number of hydrogen-bond donors (Lipinski definition) is 0. The molecule has 1 aliphatic carbocycles. The van der Waals surface area contributed by atoms with E-state index in [9.17, 15) is 9.59 Å². The van der Waals surface area contributed by atoms with Gasteiger partial charge in [-0.15, -0.1) is 0 Å². The molecule has 0 amide bonds. The summed E-state index contributed by atoms with van der Waals surface area (Å²) >= 11 is 11.6. The largest absolute Gasteiger partial charge is 0.466 e. The molecule has 2 atom stereocenters. The normalized spacial score (nSPS) is 26.9. The minimum atomic E-state index is -1.38. The second kappa shape index (κ2) is 4.58. The zero-order valence-corrected chi connectivity index (χ0v) is 9.97. The zero-order valence-electron chi connectivity index (χ0n) is 8.46. The smallest absolute Gasteiger partial charge is 0.313 e. The van der Waals surface area contributed by atoms with Crippen molar-refractivity contribution in [1.82, 2.24) is 0 Å². The van der Waals surface area contributed by atoms with Gasteiger partial charge < -0.3 is 9.47 Å². The predicted molar refractivity (Wildman–Crippen MR) is 54.7 cm³/mol. The van der Waals surface area contributed by atoms with Crippen LogP contribution in [-0.4, -0.2) is 29.5 Å². The summed E-state index contributed by atoms with van der Waals surface area (Å²) in [5.74, 6) is -2.72. The maximum atomic E-state index is 11.3. The number of alkyl halides is 2. The molecule has 0 spiro atoms. The first-order valence-corrected chi connectivity index (χ1v) is 5.43. The summed E-state index contributed by atoms with van der Waals surface area (Å²) in [6.07, 6.45) is 0. The van der Waals surface area contributed by atoms with Crippen LogP contribution in [-0.2, 0) is 19.1 Å². The van der Waals surface area contributed by atoms with Gasteiger partial charge in [-0.25, -0.2) is 0 Å². The van der Waals surface area contributed by atoms with Crippen LogP contribution in [0.1, 0.15) is 13.8 Å². The van der Waals surface area contributed by atoms with Gasteiger partial charge in [0.1, 0.15) is 16.2 Å². The third kappa shape index (κ3) is 2.37. The van der Waals surface area contributed by atoms with E-state index in [4.69, 9.17) is 32.7 Å². The van der Waals surface area contributed by atoms with E-state index in [0.717, 1.165) is 0 Å². The van der Waals surface area contributed by atoms with E-state index in [-0.39, 0.29) is 13.2 Å². The number of rotatable bonds is 4. The maximum absolute atomic E-state index is 11.3. The number of esters is 2. The molecule has 0 unspecified atom stereocenters. The molecule has 1 fully saturated rings. The Morgan fingerprint density at radius 3 is 1.67 bits per heavy atom. The highest BCUT2D eigenvalue weighted by Gasteiger charge is 2.72. The van der Waals surface area contributed by atoms with Crippen molar-refractivity contribution >= 4 is 35.1 Å². The molecule has 0 aromatic heterocycles. The lowest BCUT2D eigenvalue weighted by atomic mass is 10.3. The molecule has 0 radical (unpaired) electrons. The second-order valence-electron chi connectivity index (χ2n) is 3.13. The Balaban J connectivity index is 2.62. The number of carbonyl (C=O) groups is 2. The van der Waals surface area contributed by atoms with Gasteiger partial charge in [-0.2, -0.15) is 0 Å². The van der Waals surface area contributed by atoms with Crippen LogP contribution in [0.15, 0.2) is 0 Å². The van der Waals surface area contributed by atoms with E-state index in [1.807, 2.05) is 0 Å². The highest BCUT2D eigenvalue weighted by molar-refractivity contribution is 6.54. The van der Waals surface area contributed by atoms with Gasteiger partial charge >= 0.3 is 11.9 Å². The molecule has 1 rings (SSSR count). The van der Waals surface area contributed by atoms with Gasteiger partial charge in [-0.05, 0) is 13.8 Å². The minimum Gasteiger partial charge on any atom is -0.466 e. The van der Waals surface area contributed by atoms with Crippen LogP contribution in [0.2, 0.25) is 0 Å². The molecule has 4 nitrogen and oxygen atoms in total. The van der Waals surface area contributed by atoms with Crippen molar-refractivity contribution < 1.29 is 19.1 Å². The Morgan fingerprint density at radius 1 is 1.07 bits per heavy atom. The van der Waals surface area contributed by atoms with E-state index in [1.165, 1.54) is 0 Å². The third-order valence-electron chi connectivity index (χ3n) is 2.13. The molecule has 1 saturated carbocycles. The molecule has 6 heteroatoms. The number of hydrogen-bond acceptors (Lipinski definition) is 4. The molecule has 0 heterocycles. The monoisotopic (exact) mass is 254 g/mol. The fraction of sp³-hybridized carbons (Fsp3) is 0.778. The summed E-state index contributed by atoms with van der Waals surface area (Å²) in [4.78, 5) is 22.7. The lowest BCUT2D eigenvalue weighted by molar-refractivity contribution is -0.150. The summed E-state index contributed by atoms with van der Waals surface area (Å²) < 4.78 is 8.11. The third-order valence-corrected chi connectivity index (χ3v) is 3.07. The fourth-order valence-corrected chi connectivity index (χ4v) is 2.11. The molecular formula is C9H12Cl2O4. The van der Waals surface area contributed by atoms with Crippen molar-refractivity contribution in [3.63, 3.8) is 0 Å². The van der Waals surface area contributed by atoms with Crippen molar-refractivity contribution in [1.29, 1.82) is 0 Å². The average Bonchev–Trinajstić information content (AvgIpc) is 2.70. The summed E-state index contributed by atoms with van der Waals surface area (Å²) in [5.41, 5.74) is 0. The van der Waals surface area contributed by atoms with E-state index in [1.54, 1.807) is 13.8 Å². The van der Waals surface area contributed by atoms with Crippen molar-refractivity contribution in [2.24, 2.45) is 11.8 Å². The van der Waals surface area contributed by atoms with Gasteiger partial charge in [-0.3, -0.25) is 9.59 Å². The van der Waals surface area contributed by atoms with E-state index < -0.39 is 28.1 Å². The van der Waals surface area contributed by atoms with Crippen LogP contribution in [0.4, 0.5) is 0 Å². The average molecular weight is 255 g/mol. The van der Waals surface area contributed by atoms with Crippen LogP contribution in [0, 0.1) is 11.8 Å². The van der Waals surface area contributed by atoms with E-state index in [2.05, 4.69) is 0 Å². The highest BCUT2D eigenvalue weighted by atomic mass is 35.5. The van der Waals surface area contributed by atoms with Gasteiger partial charge in [-0.1, -0.05) is 23.2 Å². The molecular weight excluding hydrogens is 243 g/mol.